The zero-order valence-electron chi connectivity index (χ0n) is 7.62. The van der Waals surface area contributed by atoms with Gasteiger partial charge in [-0.3, -0.25) is 9.89 Å². The van der Waals surface area contributed by atoms with Crippen molar-refractivity contribution < 1.29 is 9.53 Å². The molecular weight excluding hydrogens is 184 g/mol. The number of ether oxygens (including phenoxy) is 1. The van der Waals surface area contributed by atoms with Crippen LogP contribution in [0.25, 0.3) is 0 Å². The first-order valence-corrected chi connectivity index (χ1v) is 4.48. The summed E-state index contributed by atoms with van der Waals surface area (Å²) in [5.41, 5.74) is 0.657. The number of hydrogen-bond acceptors (Lipinski definition) is 4. The van der Waals surface area contributed by atoms with E-state index in [0.29, 0.717) is 18.8 Å². The Hall–Kier alpha value is -1.40. The molecule has 2 heterocycles. The molecule has 0 radical (unpaired) electrons. The highest BCUT2D eigenvalue weighted by atomic mass is 16.5. The van der Waals surface area contributed by atoms with Gasteiger partial charge < -0.3 is 15.4 Å². The zero-order chi connectivity index (χ0) is 9.80. The van der Waals surface area contributed by atoms with E-state index in [1.54, 1.807) is 12.4 Å². The zero-order valence-corrected chi connectivity index (χ0v) is 7.62. The van der Waals surface area contributed by atoms with Crippen LogP contribution < -0.4 is 10.6 Å². The number of amides is 1. The molecule has 76 valence electrons. The second kappa shape index (κ2) is 4.21. The van der Waals surface area contributed by atoms with Crippen molar-refractivity contribution in [2.45, 2.75) is 6.10 Å². The third-order valence-electron chi connectivity index (χ3n) is 1.99. The number of morpholine rings is 1. The smallest absolute Gasteiger partial charge is 0.254 e. The first-order valence-electron chi connectivity index (χ1n) is 4.48. The number of H-pyrrole nitrogens is 1. The highest BCUT2D eigenvalue weighted by molar-refractivity contribution is 5.94. The molecule has 1 aliphatic rings. The Kier molecular flexibility index (Phi) is 2.76. The lowest BCUT2D eigenvalue weighted by atomic mass is 10.3. The monoisotopic (exact) mass is 196 g/mol. The summed E-state index contributed by atoms with van der Waals surface area (Å²) in [5, 5.41) is 12.1. The van der Waals surface area contributed by atoms with Crippen molar-refractivity contribution in [2.75, 3.05) is 25.0 Å². The van der Waals surface area contributed by atoms with Crippen molar-refractivity contribution >= 4 is 11.6 Å². The Morgan fingerprint density at radius 2 is 2.64 bits per heavy atom. The maximum atomic E-state index is 11.5. The first-order chi connectivity index (χ1) is 6.86. The number of aromatic nitrogens is 2. The van der Waals surface area contributed by atoms with Crippen LogP contribution in [0.3, 0.4) is 0 Å². The molecule has 0 aromatic carbocycles. The molecule has 1 atom stereocenters. The molecule has 0 spiro atoms. The summed E-state index contributed by atoms with van der Waals surface area (Å²) in [6.45, 7) is 1.93. The standard InChI is InChI=1S/C8H12N4O2/c13-8(7-5-9-1-2-14-7)12-6-3-10-11-4-6/h3-4,7,9H,1-2,5H2,(H,10,11)(H,12,13). The Morgan fingerprint density at radius 3 is 3.29 bits per heavy atom. The van der Waals surface area contributed by atoms with E-state index in [1.807, 2.05) is 0 Å². The van der Waals surface area contributed by atoms with Gasteiger partial charge >= 0.3 is 0 Å². The van der Waals surface area contributed by atoms with Crippen molar-refractivity contribution in [3.05, 3.63) is 12.4 Å². The van der Waals surface area contributed by atoms with Crippen LogP contribution in [-0.4, -0.2) is 41.9 Å². The molecule has 6 nitrogen and oxygen atoms in total. The molecule has 1 aromatic heterocycles. The Bertz CT molecular complexity index is 292. The maximum Gasteiger partial charge on any atom is 0.254 e. The lowest BCUT2D eigenvalue weighted by molar-refractivity contribution is -0.128. The van der Waals surface area contributed by atoms with Crippen LogP contribution in [0.2, 0.25) is 0 Å². The molecule has 0 bridgehead atoms. The number of carbonyl (C=O) groups is 1. The number of hydrogen-bond donors (Lipinski definition) is 3. The molecule has 2 rings (SSSR count). The normalized spacial score (nSPS) is 21.9. The second-order valence-corrected chi connectivity index (χ2v) is 3.04. The van der Waals surface area contributed by atoms with Crippen LogP contribution in [0, 0.1) is 0 Å². The fraction of sp³-hybridized carbons (Fsp3) is 0.500. The molecule has 1 saturated heterocycles. The van der Waals surface area contributed by atoms with Gasteiger partial charge in [-0.2, -0.15) is 5.10 Å². The molecule has 1 fully saturated rings. The molecule has 1 unspecified atom stereocenters. The Labute approximate surface area is 81.0 Å². The van der Waals surface area contributed by atoms with Gasteiger partial charge in [-0.15, -0.1) is 0 Å². The first kappa shape index (κ1) is 9.17. The number of nitrogens with zero attached hydrogens (tertiary/aromatic N) is 1. The molecule has 3 N–H and O–H groups in total. The molecule has 0 saturated carbocycles. The quantitative estimate of drug-likeness (QED) is 0.586. The summed E-state index contributed by atoms with van der Waals surface area (Å²) in [6.07, 6.45) is 2.76. The minimum atomic E-state index is -0.404. The number of nitrogens with one attached hydrogen (secondary N) is 3. The van der Waals surface area contributed by atoms with Crippen molar-refractivity contribution in [3.63, 3.8) is 0 Å². The molecule has 6 heteroatoms. The lowest BCUT2D eigenvalue weighted by Gasteiger charge is -2.22. The Balaban J connectivity index is 1.88. The van der Waals surface area contributed by atoms with Gasteiger partial charge in [0.1, 0.15) is 6.10 Å². The van der Waals surface area contributed by atoms with Crippen LogP contribution in [0.5, 0.6) is 0 Å². The van der Waals surface area contributed by atoms with E-state index in [4.69, 9.17) is 4.74 Å². The van der Waals surface area contributed by atoms with Crippen LogP contribution in [0.15, 0.2) is 12.4 Å². The van der Waals surface area contributed by atoms with E-state index >= 15 is 0 Å². The van der Waals surface area contributed by atoms with E-state index < -0.39 is 6.10 Å². The average molecular weight is 196 g/mol. The fourth-order valence-corrected chi connectivity index (χ4v) is 1.28. The van der Waals surface area contributed by atoms with Gasteiger partial charge in [0, 0.05) is 19.3 Å². The molecule has 14 heavy (non-hydrogen) atoms. The average Bonchev–Trinajstić information content (AvgIpc) is 2.72. The van der Waals surface area contributed by atoms with Crippen LogP contribution in [0.1, 0.15) is 0 Å². The minimum Gasteiger partial charge on any atom is -0.366 e. The van der Waals surface area contributed by atoms with E-state index in [1.165, 1.54) is 0 Å². The molecule has 1 aromatic rings. The third kappa shape index (κ3) is 2.09. The highest BCUT2D eigenvalue weighted by Gasteiger charge is 2.21. The summed E-state index contributed by atoms with van der Waals surface area (Å²) in [4.78, 5) is 11.5. The number of aromatic amines is 1. The van der Waals surface area contributed by atoms with E-state index in [9.17, 15) is 4.79 Å². The van der Waals surface area contributed by atoms with Gasteiger partial charge in [0.15, 0.2) is 0 Å². The summed E-state index contributed by atoms with van der Waals surface area (Å²) >= 11 is 0. The highest BCUT2D eigenvalue weighted by Crippen LogP contribution is 2.04. The topological polar surface area (TPSA) is 79.0 Å². The number of anilines is 1. The van der Waals surface area contributed by atoms with E-state index in [-0.39, 0.29) is 5.91 Å². The number of carbonyl (C=O) groups excluding carboxylic acids is 1. The van der Waals surface area contributed by atoms with Gasteiger partial charge in [-0.1, -0.05) is 0 Å². The lowest BCUT2D eigenvalue weighted by Crippen LogP contribution is -2.45. The van der Waals surface area contributed by atoms with Crippen LogP contribution in [-0.2, 0) is 9.53 Å². The summed E-state index contributed by atoms with van der Waals surface area (Å²) in [6, 6.07) is 0. The minimum absolute atomic E-state index is 0.140. The van der Waals surface area contributed by atoms with Crippen molar-refractivity contribution in [3.8, 4) is 0 Å². The van der Waals surface area contributed by atoms with Gasteiger partial charge in [0.05, 0.1) is 18.5 Å². The molecule has 1 aliphatic heterocycles. The van der Waals surface area contributed by atoms with Crippen molar-refractivity contribution in [1.29, 1.82) is 0 Å². The summed E-state index contributed by atoms with van der Waals surface area (Å²) in [7, 11) is 0. The maximum absolute atomic E-state index is 11.5. The van der Waals surface area contributed by atoms with Gasteiger partial charge in [0.2, 0.25) is 0 Å². The summed E-state index contributed by atoms with van der Waals surface area (Å²) in [5.74, 6) is -0.140. The SMILES string of the molecule is O=C(Nc1cn[nH]c1)C1CNCCO1. The van der Waals surface area contributed by atoms with Crippen LogP contribution >= 0.6 is 0 Å². The van der Waals surface area contributed by atoms with Crippen molar-refractivity contribution in [2.24, 2.45) is 0 Å². The van der Waals surface area contributed by atoms with Gasteiger partial charge in [-0.05, 0) is 0 Å². The molecular formula is C8H12N4O2. The largest absolute Gasteiger partial charge is 0.366 e. The van der Waals surface area contributed by atoms with Crippen LogP contribution in [0.4, 0.5) is 5.69 Å². The van der Waals surface area contributed by atoms with Gasteiger partial charge in [0.25, 0.3) is 5.91 Å². The fourth-order valence-electron chi connectivity index (χ4n) is 1.28. The predicted octanol–water partition coefficient (Wildman–Crippen LogP) is -0.663. The van der Waals surface area contributed by atoms with Gasteiger partial charge in [-0.25, -0.2) is 0 Å². The summed E-state index contributed by atoms with van der Waals surface area (Å²) < 4.78 is 5.28. The number of rotatable bonds is 2. The van der Waals surface area contributed by atoms with E-state index in [0.717, 1.165) is 6.54 Å². The van der Waals surface area contributed by atoms with E-state index in [2.05, 4.69) is 20.8 Å². The Morgan fingerprint density at radius 1 is 1.71 bits per heavy atom. The third-order valence-corrected chi connectivity index (χ3v) is 1.99. The predicted molar refractivity (Wildman–Crippen MR) is 49.8 cm³/mol. The molecule has 0 aliphatic carbocycles. The molecule has 1 amide bonds. The van der Waals surface area contributed by atoms with Crippen molar-refractivity contribution in [1.82, 2.24) is 15.5 Å². The second-order valence-electron chi connectivity index (χ2n) is 3.04.